The maximum atomic E-state index is 13.1. The van der Waals surface area contributed by atoms with Gasteiger partial charge in [0.1, 0.15) is 16.8 Å². The molecule has 1 saturated carbocycles. The number of nitrogens with zero attached hydrogens (tertiary/aromatic N) is 1. The zero-order valence-corrected chi connectivity index (χ0v) is 19.9. The smallest absolute Gasteiger partial charge is 0.408 e. The maximum Gasteiger partial charge on any atom is 0.408 e. The van der Waals surface area contributed by atoms with Crippen molar-refractivity contribution in [2.45, 2.75) is 37.6 Å². The van der Waals surface area contributed by atoms with Crippen molar-refractivity contribution in [1.29, 1.82) is 0 Å². The summed E-state index contributed by atoms with van der Waals surface area (Å²) in [6.07, 6.45) is -0.378. The normalized spacial score (nSPS) is 22.7. The van der Waals surface area contributed by atoms with Crippen molar-refractivity contribution in [3.8, 4) is 0 Å². The fourth-order valence-corrected chi connectivity index (χ4v) is 4.19. The summed E-state index contributed by atoms with van der Waals surface area (Å²) in [6.45, 7) is 0.572. The highest BCUT2D eigenvalue weighted by molar-refractivity contribution is 9.18. The number of halogens is 1. The Morgan fingerprint density at radius 1 is 1.03 bits per heavy atom. The summed E-state index contributed by atoms with van der Waals surface area (Å²) in [5, 5.41) is 12.1. The predicted molar refractivity (Wildman–Crippen MR) is 128 cm³/mol. The van der Waals surface area contributed by atoms with Crippen molar-refractivity contribution in [3.05, 3.63) is 71.8 Å². The molecule has 3 amide bonds. The summed E-state index contributed by atoms with van der Waals surface area (Å²) in [7, 11) is 0. The van der Waals surface area contributed by atoms with Crippen LogP contribution in [0.3, 0.4) is 0 Å². The average Bonchev–Trinajstić information content (AvgIpc) is 3.44. The Morgan fingerprint density at radius 3 is 2.35 bits per heavy atom. The van der Waals surface area contributed by atoms with Crippen LogP contribution in [0.4, 0.5) is 4.79 Å². The Balaban J connectivity index is 1.37. The Morgan fingerprint density at radius 2 is 1.71 bits per heavy atom. The lowest BCUT2D eigenvalue weighted by molar-refractivity contribution is -0.129. The predicted octanol–water partition coefficient (Wildman–Crippen LogP) is 2.60. The molecule has 0 radical (unpaired) electrons. The number of benzene rings is 2. The fourth-order valence-electron chi connectivity index (χ4n) is 3.74. The van der Waals surface area contributed by atoms with Gasteiger partial charge in [0, 0.05) is 13.0 Å². The SMILES string of the molecule is O=C(NC1(C(=O)NCC2CC(Br)=NO2)C[C@H]1C(=O)NCc1ccccc1)OCc1ccccc1. The molecule has 3 N–H and O–H groups in total. The second kappa shape index (κ2) is 10.7. The molecule has 2 aromatic rings. The Labute approximate surface area is 205 Å². The summed E-state index contributed by atoms with van der Waals surface area (Å²) in [5.41, 5.74) is 0.365. The molecule has 2 aliphatic rings. The van der Waals surface area contributed by atoms with Gasteiger partial charge in [0.25, 0.3) is 0 Å². The molecule has 2 unspecified atom stereocenters. The minimum absolute atomic E-state index is 0.0521. The van der Waals surface area contributed by atoms with E-state index in [1.54, 1.807) is 0 Å². The van der Waals surface area contributed by atoms with Gasteiger partial charge in [-0.15, -0.1) is 0 Å². The first kappa shape index (κ1) is 23.7. The summed E-state index contributed by atoms with van der Waals surface area (Å²) < 4.78 is 5.95. The van der Waals surface area contributed by atoms with E-state index in [-0.39, 0.29) is 31.6 Å². The van der Waals surface area contributed by atoms with E-state index in [1.807, 2.05) is 60.7 Å². The van der Waals surface area contributed by atoms with Crippen LogP contribution in [0.2, 0.25) is 0 Å². The number of amides is 3. The fraction of sp³-hybridized carbons (Fsp3) is 0.333. The van der Waals surface area contributed by atoms with Crippen LogP contribution < -0.4 is 16.0 Å². The zero-order valence-electron chi connectivity index (χ0n) is 18.3. The van der Waals surface area contributed by atoms with Gasteiger partial charge in [-0.1, -0.05) is 65.8 Å². The zero-order chi connectivity index (χ0) is 24.0. The van der Waals surface area contributed by atoms with E-state index in [1.165, 1.54) is 0 Å². The van der Waals surface area contributed by atoms with Crippen molar-refractivity contribution >= 4 is 38.5 Å². The third-order valence-corrected chi connectivity index (χ3v) is 6.19. The number of rotatable bonds is 9. The molecule has 10 heteroatoms. The van der Waals surface area contributed by atoms with Gasteiger partial charge in [-0.05, 0) is 33.5 Å². The van der Waals surface area contributed by atoms with Gasteiger partial charge in [0.2, 0.25) is 11.8 Å². The van der Waals surface area contributed by atoms with Crippen LogP contribution in [0.15, 0.2) is 65.8 Å². The molecular weight excluding hydrogens is 504 g/mol. The molecule has 9 nitrogen and oxygen atoms in total. The van der Waals surface area contributed by atoms with Gasteiger partial charge in [0.15, 0.2) is 6.10 Å². The molecule has 1 aliphatic heterocycles. The maximum absolute atomic E-state index is 13.1. The van der Waals surface area contributed by atoms with Crippen molar-refractivity contribution in [2.75, 3.05) is 6.54 Å². The second-order valence-corrected chi connectivity index (χ2v) is 9.14. The minimum Gasteiger partial charge on any atom is -0.445 e. The quantitative estimate of drug-likeness (QED) is 0.462. The number of alkyl carbamates (subject to hydrolysis) is 1. The third kappa shape index (κ3) is 5.93. The molecule has 1 fully saturated rings. The van der Waals surface area contributed by atoms with Crippen LogP contribution in [-0.4, -0.2) is 40.7 Å². The van der Waals surface area contributed by atoms with E-state index >= 15 is 0 Å². The highest BCUT2D eigenvalue weighted by Gasteiger charge is 2.65. The lowest BCUT2D eigenvalue weighted by Crippen LogP contribution is -2.53. The molecule has 2 aromatic carbocycles. The first-order chi connectivity index (χ1) is 16.5. The molecule has 4 rings (SSSR count). The van der Waals surface area contributed by atoms with E-state index in [0.29, 0.717) is 17.6 Å². The molecule has 0 aromatic heterocycles. The van der Waals surface area contributed by atoms with Gasteiger partial charge in [-0.2, -0.15) is 0 Å². The average molecular weight is 529 g/mol. The molecule has 178 valence electrons. The van der Waals surface area contributed by atoms with Gasteiger partial charge in [0.05, 0.1) is 12.5 Å². The Kier molecular flexibility index (Phi) is 7.46. The molecule has 0 spiro atoms. The number of carbonyl (C=O) groups is 3. The third-order valence-electron chi connectivity index (χ3n) is 5.72. The molecule has 34 heavy (non-hydrogen) atoms. The van der Waals surface area contributed by atoms with Crippen molar-refractivity contribution in [1.82, 2.24) is 16.0 Å². The summed E-state index contributed by atoms with van der Waals surface area (Å²) >= 11 is 3.26. The lowest BCUT2D eigenvalue weighted by atomic mass is 10.1. The molecule has 0 bridgehead atoms. The number of nitrogens with one attached hydrogen (secondary N) is 3. The molecule has 0 saturated heterocycles. The van der Waals surface area contributed by atoms with Gasteiger partial charge in [-0.25, -0.2) is 4.79 Å². The standard InChI is InChI=1S/C24H25BrN4O5/c25-20-11-18(34-29-20)14-27-22(31)24(28-23(32)33-15-17-9-5-2-6-10-17)12-19(24)21(30)26-13-16-7-3-1-4-8-16/h1-10,18-19H,11-15H2,(H,26,30)(H,27,31)(H,28,32)/t18?,19-,24?/m0/s1. The van der Waals surface area contributed by atoms with Crippen LogP contribution in [0.5, 0.6) is 0 Å². The highest BCUT2D eigenvalue weighted by atomic mass is 79.9. The van der Waals surface area contributed by atoms with Crippen LogP contribution in [0, 0.1) is 5.92 Å². The first-order valence-corrected chi connectivity index (χ1v) is 11.7. The van der Waals surface area contributed by atoms with E-state index in [9.17, 15) is 14.4 Å². The summed E-state index contributed by atoms with van der Waals surface area (Å²) in [4.78, 5) is 43.7. The van der Waals surface area contributed by atoms with E-state index in [0.717, 1.165) is 11.1 Å². The van der Waals surface area contributed by atoms with Crippen LogP contribution >= 0.6 is 15.9 Å². The summed E-state index contributed by atoms with van der Waals surface area (Å²) in [5.74, 6) is -1.49. The van der Waals surface area contributed by atoms with Gasteiger partial charge in [-0.3, -0.25) is 9.59 Å². The van der Waals surface area contributed by atoms with Crippen LogP contribution in [0.1, 0.15) is 24.0 Å². The van der Waals surface area contributed by atoms with Crippen LogP contribution in [-0.2, 0) is 32.3 Å². The highest BCUT2D eigenvalue weighted by Crippen LogP contribution is 2.44. The van der Waals surface area contributed by atoms with E-state index in [2.05, 4.69) is 37.0 Å². The number of ether oxygens (including phenoxy) is 1. The minimum atomic E-state index is -1.38. The Hall–Kier alpha value is -3.40. The van der Waals surface area contributed by atoms with Crippen molar-refractivity contribution in [2.24, 2.45) is 11.1 Å². The number of carbonyl (C=O) groups excluding carboxylic acids is 3. The van der Waals surface area contributed by atoms with E-state index in [4.69, 9.17) is 9.57 Å². The summed E-state index contributed by atoms with van der Waals surface area (Å²) in [6, 6.07) is 18.7. The largest absolute Gasteiger partial charge is 0.445 e. The van der Waals surface area contributed by atoms with Gasteiger partial charge < -0.3 is 25.5 Å². The monoisotopic (exact) mass is 528 g/mol. The van der Waals surface area contributed by atoms with Crippen molar-refractivity contribution in [3.63, 3.8) is 0 Å². The number of hydrogen-bond acceptors (Lipinski definition) is 6. The molecule has 1 aliphatic carbocycles. The lowest BCUT2D eigenvalue weighted by Gasteiger charge is -2.20. The molecule has 1 heterocycles. The van der Waals surface area contributed by atoms with Crippen LogP contribution in [0.25, 0.3) is 0 Å². The second-order valence-electron chi connectivity index (χ2n) is 8.23. The van der Waals surface area contributed by atoms with Gasteiger partial charge >= 0.3 is 6.09 Å². The number of hydrogen-bond donors (Lipinski definition) is 3. The molecule has 3 atom stereocenters. The topological polar surface area (TPSA) is 118 Å². The van der Waals surface area contributed by atoms with Crippen molar-refractivity contribution < 1.29 is 24.0 Å². The molecular formula is C24H25BrN4O5. The first-order valence-electron chi connectivity index (χ1n) is 10.9. The number of oxime groups is 1. The Bertz CT molecular complexity index is 1070. The van der Waals surface area contributed by atoms with E-state index < -0.39 is 23.5 Å².